The zero-order valence-electron chi connectivity index (χ0n) is 15.8. The molecule has 0 saturated carbocycles. The number of fused-ring (bicyclic) bond motifs is 4. The molecule has 2 aromatic rings. The average molecular weight is 398 g/mol. The van der Waals surface area contributed by atoms with Crippen molar-refractivity contribution in [1.82, 2.24) is 9.47 Å². The van der Waals surface area contributed by atoms with E-state index in [-0.39, 0.29) is 29.2 Å². The highest BCUT2D eigenvalue weighted by atomic mass is 32.2. The van der Waals surface area contributed by atoms with E-state index in [0.717, 1.165) is 12.1 Å². The number of carbonyl (C=O) groups excluding carboxylic acids is 2. The van der Waals surface area contributed by atoms with Crippen molar-refractivity contribution in [3.05, 3.63) is 64.1 Å². The van der Waals surface area contributed by atoms with E-state index in [1.165, 1.54) is 11.8 Å². The van der Waals surface area contributed by atoms with Crippen LogP contribution in [-0.4, -0.2) is 46.4 Å². The predicted octanol–water partition coefficient (Wildman–Crippen LogP) is 2.41. The third kappa shape index (κ3) is 3.58. The molecule has 1 saturated heterocycles. The van der Waals surface area contributed by atoms with Gasteiger partial charge in [0, 0.05) is 36.8 Å². The third-order valence-electron chi connectivity index (χ3n) is 5.46. The molecule has 1 N–H and O–H groups in total. The summed E-state index contributed by atoms with van der Waals surface area (Å²) in [5.41, 5.74) is 1.84. The Kier molecular flexibility index (Phi) is 5.26. The van der Waals surface area contributed by atoms with Crippen molar-refractivity contribution in [2.75, 3.05) is 30.4 Å². The lowest BCUT2D eigenvalue weighted by atomic mass is 9.83. The lowest BCUT2D eigenvalue weighted by molar-refractivity contribution is -0.113. The smallest absolute Gasteiger partial charge is 0.274 e. The molecular formula is C21H23N3O3S. The lowest BCUT2D eigenvalue weighted by Gasteiger charge is -2.43. The molecule has 6 nitrogen and oxygen atoms in total. The molecule has 1 aromatic carbocycles. The van der Waals surface area contributed by atoms with Gasteiger partial charge in [0.2, 0.25) is 5.91 Å². The molecule has 3 heterocycles. The quantitative estimate of drug-likeness (QED) is 0.860. The molecule has 0 aliphatic carbocycles. The number of hydrogen-bond donors (Lipinski definition) is 1. The highest BCUT2D eigenvalue weighted by Crippen LogP contribution is 2.36. The Labute approximate surface area is 167 Å². The van der Waals surface area contributed by atoms with Crippen LogP contribution in [0.15, 0.2) is 47.3 Å². The van der Waals surface area contributed by atoms with Crippen molar-refractivity contribution < 1.29 is 9.59 Å². The van der Waals surface area contributed by atoms with Crippen molar-refractivity contribution in [3.63, 3.8) is 0 Å². The summed E-state index contributed by atoms with van der Waals surface area (Å²) in [6, 6.07) is 13.0. The van der Waals surface area contributed by atoms with Gasteiger partial charge >= 0.3 is 0 Å². The van der Waals surface area contributed by atoms with Gasteiger partial charge < -0.3 is 14.8 Å². The number of carbonyl (C=O) groups is 2. The number of hydrogen-bond acceptors (Lipinski definition) is 4. The first kappa shape index (κ1) is 18.8. The van der Waals surface area contributed by atoms with E-state index < -0.39 is 0 Å². The Balaban J connectivity index is 1.57. The Morgan fingerprint density at radius 3 is 2.64 bits per heavy atom. The fourth-order valence-electron chi connectivity index (χ4n) is 4.29. The summed E-state index contributed by atoms with van der Waals surface area (Å²) in [5, 5.41) is 2.72. The summed E-state index contributed by atoms with van der Waals surface area (Å²) in [6.07, 6.45) is 2.83. The Morgan fingerprint density at radius 1 is 1.11 bits per heavy atom. The summed E-state index contributed by atoms with van der Waals surface area (Å²) in [5.74, 6) is 0.591. The minimum absolute atomic E-state index is 0.0482. The number of nitrogens with zero attached hydrogens (tertiary/aromatic N) is 2. The van der Waals surface area contributed by atoms with Gasteiger partial charge in [-0.25, -0.2) is 0 Å². The fraction of sp³-hybridized carbons (Fsp3) is 0.381. The van der Waals surface area contributed by atoms with E-state index in [0.29, 0.717) is 36.6 Å². The molecule has 4 rings (SSSR count). The topological polar surface area (TPSA) is 71.4 Å². The number of nitrogens with one attached hydrogen (secondary N) is 1. The van der Waals surface area contributed by atoms with Crippen LogP contribution in [0.4, 0.5) is 5.69 Å². The second-order valence-electron chi connectivity index (χ2n) is 7.44. The SMILES string of the molecule is CSCC(=O)Nc1ccc2n(c1=O)C[C@@H]1C[C@@H]2CN(C(=O)c2ccccc2)C1. The number of benzene rings is 1. The number of aromatic nitrogens is 1. The molecule has 1 aromatic heterocycles. The highest BCUT2D eigenvalue weighted by Gasteiger charge is 2.36. The van der Waals surface area contributed by atoms with E-state index in [1.807, 2.05) is 47.6 Å². The maximum Gasteiger partial charge on any atom is 0.274 e. The largest absolute Gasteiger partial charge is 0.338 e. The number of anilines is 1. The molecule has 2 aliphatic heterocycles. The van der Waals surface area contributed by atoms with Crippen molar-refractivity contribution in [2.24, 2.45) is 5.92 Å². The normalized spacial score (nSPS) is 20.4. The van der Waals surface area contributed by atoms with Gasteiger partial charge in [0.05, 0.1) is 5.75 Å². The molecule has 1 fully saturated rings. The standard InChI is InChI=1S/C21H23N3O3S/c1-28-13-19(25)22-17-7-8-18-16-9-14(11-24(18)21(17)27)10-23(12-16)20(26)15-5-3-2-4-6-15/h2-8,14,16H,9-13H2,1H3,(H,22,25)/t14-,16-/m1/s1. The number of amides is 2. The first-order chi connectivity index (χ1) is 13.6. The monoisotopic (exact) mass is 397 g/mol. The second-order valence-corrected chi connectivity index (χ2v) is 8.31. The zero-order chi connectivity index (χ0) is 19.7. The van der Waals surface area contributed by atoms with Crippen LogP contribution in [0.2, 0.25) is 0 Å². The maximum absolute atomic E-state index is 12.9. The molecule has 0 radical (unpaired) electrons. The molecule has 2 bridgehead atoms. The summed E-state index contributed by atoms with van der Waals surface area (Å²) in [4.78, 5) is 39.5. The summed E-state index contributed by atoms with van der Waals surface area (Å²) in [7, 11) is 0. The summed E-state index contributed by atoms with van der Waals surface area (Å²) in [6.45, 7) is 1.84. The van der Waals surface area contributed by atoms with Gasteiger partial charge in [0.1, 0.15) is 5.69 Å². The lowest BCUT2D eigenvalue weighted by Crippen LogP contribution is -2.49. The number of likely N-dealkylation sites (tertiary alicyclic amines) is 1. The molecular weight excluding hydrogens is 374 g/mol. The van der Waals surface area contributed by atoms with Crippen molar-refractivity contribution in [2.45, 2.75) is 18.9 Å². The fourth-order valence-corrected chi connectivity index (χ4v) is 4.62. The zero-order valence-corrected chi connectivity index (χ0v) is 16.6. The number of thioether (sulfide) groups is 1. The molecule has 28 heavy (non-hydrogen) atoms. The van der Waals surface area contributed by atoms with Crippen LogP contribution in [0, 0.1) is 5.92 Å². The van der Waals surface area contributed by atoms with Gasteiger partial charge in [-0.2, -0.15) is 11.8 Å². The Hall–Kier alpha value is -2.54. The van der Waals surface area contributed by atoms with E-state index in [4.69, 9.17) is 0 Å². The number of pyridine rings is 1. The van der Waals surface area contributed by atoms with Crippen molar-refractivity contribution >= 4 is 29.3 Å². The van der Waals surface area contributed by atoms with Crippen LogP contribution in [0.5, 0.6) is 0 Å². The summed E-state index contributed by atoms with van der Waals surface area (Å²) < 4.78 is 1.79. The molecule has 2 amide bonds. The molecule has 0 spiro atoms. The van der Waals surface area contributed by atoms with Crippen molar-refractivity contribution in [1.29, 1.82) is 0 Å². The van der Waals surface area contributed by atoms with Gasteiger partial charge in [0.25, 0.3) is 11.5 Å². The van der Waals surface area contributed by atoms with Gasteiger partial charge in [-0.1, -0.05) is 18.2 Å². The number of rotatable bonds is 4. The van der Waals surface area contributed by atoms with Gasteiger partial charge in [-0.3, -0.25) is 14.4 Å². The van der Waals surface area contributed by atoms with E-state index in [2.05, 4.69) is 5.32 Å². The van der Waals surface area contributed by atoms with E-state index in [9.17, 15) is 14.4 Å². The highest BCUT2D eigenvalue weighted by molar-refractivity contribution is 7.99. The van der Waals surface area contributed by atoms with Crippen LogP contribution in [0.3, 0.4) is 0 Å². The minimum atomic E-state index is -0.166. The minimum Gasteiger partial charge on any atom is -0.338 e. The molecule has 146 valence electrons. The van der Waals surface area contributed by atoms with Crippen LogP contribution >= 0.6 is 11.8 Å². The van der Waals surface area contributed by atoms with Crippen molar-refractivity contribution in [3.8, 4) is 0 Å². The van der Waals surface area contributed by atoms with Crippen LogP contribution in [0.1, 0.15) is 28.4 Å². The Morgan fingerprint density at radius 2 is 1.89 bits per heavy atom. The van der Waals surface area contributed by atoms with Gasteiger partial charge in [-0.15, -0.1) is 0 Å². The molecule has 2 atom stereocenters. The summed E-state index contributed by atoms with van der Waals surface area (Å²) >= 11 is 1.42. The van der Waals surface area contributed by atoms with E-state index >= 15 is 0 Å². The molecule has 2 aliphatic rings. The number of piperidine rings is 1. The average Bonchev–Trinajstić information content (AvgIpc) is 2.70. The second kappa shape index (κ2) is 7.83. The van der Waals surface area contributed by atoms with Crippen LogP contribution in [-0.2, 0) is 11.3 Å². The molecule has 7 heteroatoms. The third-order valence-corrected chi connectivity index (χ3v) is 6.01. The Bertz CT molecular complexity index is 957. The van der Waals surface area contributed by atoms with Gasteiger partial charge in [0.15, 0.2) is 0 Å². The van der Waals surface area contributed by atoms with E-state index in [1.54, 1.807) is 10.6 Å². The van der Waals surface area contributed by atoms with Gasteiger partial charge in [-0.05, 0) is 42.9 Å². The molecule has 0 unspecified atom stereocenters. The maximum atomic E-state index is 12.9. The first-order valence-electron chi connectivity index (χ1n) is 9.43. The van der Waals surface area contributed by atoms with Crippen LogP contribution in [0.25, 0.3) is 0 Å². The first-order valence-corrected chi connectivity index (χ1v) is 10.8. The predicted molar refractivity (Wildman–Crippen MR) is 111 cm³/mol. The van der Waals surface area contributed by atoms with Crippen LogP contribution < -0.4 is 10.9 Å².